The van der Waals surface area contributed by atoms with Gasteiger partial charge in [0.05, 0.1) is 12.1 Å². The first-order valence-corrected chi connectivity index (χ1v) is 15.0. The van der Waals surface area contributed by atoms with Crippen LogP contribution >= 0.6 is 0 Å². The van der Waals surface area contributed by atoms with E-state index in [1.54, 1.807) is 0 Å². The maximum Gasteiger partial charge on any atom is 0.128 e. The number of phenols is 2. The summed E-state index contributed by atoms with van der Waals surface area (Å²) in [5.74, 6) is 0.637. The maximum atomic E-state index is 11.2. The van der Waals surface area contributed by atoms with Crippen LogP contribution in [-0.2, 0) is 38.4 Å². The van der Waals surface area contributed by atoms with E-state index < -0.39 is 0 Å². The molecule has 1 aliphatic rings. The van der Waals surface area contributed by atoms with Crippen molar-refractivity contribution in [1.29, 1.82) is 0 Å². The molecule has 5 heteroatoms. The second-order valence-electron chi connectivity index (χ2n) is 15.9. The Bertz CT molecular complexity index is 1170. The van der Waals surface area contributed by atoms with Crippen LogP contribution in [0.15, 0.2) is 34.3 Å². The van der Waals surface area contributed by atoms with Gasteiger partial charge >= 0.3 is 0 Å². The monoisotopic (exact) mass is 605 g/mol. The molecule has 0 amide bonds. The molecule has 0 spiro atoms. The zero-order valence-electron chi connectivity index (χ0n) is 27.6. The summed E-state index contributed by atoms with van der Waals surface area (Å²) in [7, 11) is 0. The second kappa shape index (κ2) is 12.6. The van der Waals surface area contributed by atoms with Gasteiger partial charge in [0.1, 0.15) is 11.5 Å². The molecule has 0 saturated heterocycles. The van der Waals surface area contributed by atoms with E-state index in [2.05, 4.69) is 107 Å². The van der Waals surface area contributed by atoms with E-state index in [1.165, 1.54) is 11.1 Å². The van der Waals surface area contributed by atoms with E-state index in [9.17, 15) is 10.2 Å². The molecule has 1 saturated carbocycles. The Morgan fingerprint density at radius 2 is 0.878 bits per heavy atom. The molecule has 2 N–H and O–H groups in total. The molecule has 3 rings (SSSR count). The quantitative estimate of drug-likeness (QED) is 0.342. The van der Waals surface area contributed by atoms with Crippen LogP contribution in [-0.4, -0.2) is 34.7 Å². The summed E-state index contributed by atoms with van der Waals surface area (Å²) in [5, 5.41) is 22.5. The van der Waals surface area contributed by atoms with Crippen molar-refractivity contribution in [3.63, 3.8) is 0 Å². The van der Waals surface area contributed by atoms with Gasteiger partial charge in [-0.05, 0) is 57.8 Å². The number of rotatable bonds is 4. The largest absolute Gasteiger partial charge is 0.507 e. The molecule has 1 aliphatic carbocycles. The summed E-state index contributed by atoms with van der Waals surface area (Å²) >= 11 is 0. The first-order chi connectivity index (χ1) is 18.2. The SMILES string of the molecule is CC(C)(C)c1cc(C=NC2CCCCC2N=Cc2cc(C(C)(C)C)cc(C(C)(C)C)c2O)c(O)c(C(C)(C)C)c1.[Co]. The minimum atomic E-state index is -0.179. The Kier molecular flexibility index (Phi) is 10.8. The van der Waals surface area contributed by atoms with E-state index in [0.717, 1.165) is 47.9 Å². The third-order valence-corrected chi connectivity index (χ3v) is 8.13. The Hall–Kier alpha value is -2.11. The van der Waals surface area contributed by atoms with Crippen LogP contribution in [0.2, 0.25) is 0 Å². The Balaban J connectivity index is 0.00000588. The first-order valence-electron chi connectivity index (χ1n) is 15.0. The van der Waals surface area contributed by atoms with Crippen molar-refractivity contribution in [2.75, 3.05) is 0 Å². The fourth-order valence-electron chi connectivity index (χ4n) is 5.31. The van der Waals surface area contributed by atoms with Crippen molar-refractivity contribution in [2.45, 2.75) is 143 Å². The molecule has 229 valence electrons. The van der Waals surface area contributed by atoms with Gasteiger partial charge in [-0.15, -0.1) is 0 Å². The molecule has 41 heavy (non-hydrogen) atoms. The molecule has 0 bridgehead atoms. The molecular formula is C36H54CoN2O2. The average molecular weight is 606 g/mol. The van der Waals surface area contributed by atoms with Gasteiger partial charge in [0.2, 0.25) is 0 Å². The first kappa shape index (κ1) is 35.1. The van der Waals surface area contributed by atoms with E-state index >= 15 is 0 Å². The zero-order chi connectivity index (χ0) is 30.3. The number of phenolic OH excluding ortho intramolecular Hbond substituents is 2. The van der Waals surface area contributed by atoms with Crippen molar-refractivity contribution in [1.82, 2.24) is 0 Å². The number of hydrogen-bond donors (Lipinski definition) is 2. The summed E-state index contributed by atoms with van der Waals surface area (Å²) < 4.78 is 0. The van der Waals surface area contributed by atoms with Gasteiger partial charge in [-0.2, -0.15) is 0 Å². The van der Waals surface area contributed by atoms with Crippen molar-refractivity contribution >= 4 is 12.4 Å². The molecule has 1 radical (unpaired) electrons. The van der Waals surface area contributed by atoms with Crippen LogP contribution in [0.1, 0.15) is 142 Å². The Morgan fingerprint density at radius 1 is 0.561 bits per heavy atom. The molecule has 2 unspecified atom stereocenters. The minimum Gasteiger partial charge on any atom is -0.507 e. The van der Waals surface area contributed by atoms with Gasteiger partial charge < -0.3 is 10.2 Å². The standard InChI is InChI=1S/C36H54N2O2.Co/c1-33(2,3)25-17-23(31(39)27(19-25)35(7,8)9)21-37-29-15-13-14-16-30(29)38-22-24-18-26(34(4,5)6)20-28(32(24)40)36(10,11)12;/h17-22,29-30,39-40H,13-16H2,1-12H3;. The predicted octanol–water partition coefficient (Wildman–Crippen LogP) is 9.13. The van der Waals surface area contributed by atoms with E-state index in [0.29, 0.717) is 11.5 Å². The molecule has 2 atom stereocenters. The molecular weight excluding hydrogens is 551 g/mol. The van der Waals surface area contributed by atoms with Crippen LogP contribution < -0.4 is 0 Å². The average Bonchev–Trinajstić information content (AvgIpc) is 2.80. The number of aromatic hydroxyl groups is 2. The van der Waals surface area contributed by atoms with Crippen LogP contribution in [0.4, 0.5) is 0 Å². The smallest absolute Gasteiger partial charge is 0.128 e. The fourth-order valence-corrected chi connectivity index (χ4v) is 5.31. The Labute approximate surface area is 260 Å². The molecule has 0 heterocycles. The molecule has 2 aromatic carbocycles. The van der Waals surface area contributed by atoms with Crippen molar-refractivity contribution < 1.29 is 27.0 Å². The third-order valence-electron chi connectivity index (χ3n) is 8.13. The van der Waals surface area contributed by atoms with Gasteiger partial charge in [0, 0.05) is 51.5 Å². The summed E-state index contributed by atoms with van der Waals surface area (Å²) in [5.41, 5.74) is 5.39. The number of benzene rings is 2. The molecule has 0 aliphatic heterocycles. The van der Waals surface area contributed by atoms with Crippen LogP contribution in [0.25, 0.3) is 0 Å². The van der Waals surface area contributed by atoms with Crippen LogP contribution in [0.3, 0.4) is 0 Å². The summed E-state index contributed by atoms with van der Waals surface area (Å²) in [6.45, 7) is 26.0. The third kappa shape index (κ3) is 8.70. The molecule has 0 aromatic heterocycles. The predicted molar refractivity (Wildman–Crippen MR) is 172 cm³/mol. The number of aliphatic imine (C=N–C) groups is 2. The Morgan fingerprint density at radius 3 is 1.15 bits per heavy atom. The van der Waals surface area contributed by atoms with Gasteiger partial charge in [-0.25, -0.2) is 0 Å². The van der Waals surface area contributed by atoms with Crippen molar-refractivity contribution in [3.05, 3.63) is 57.6 Å². The van der Waals surface area contributed by atoms with E-state index in [-0.39, 0.29) is 50.5 Å². The fraction of sp³-hybridized carbons (Fsp3) is 0.611. The van der Waals surface area contributed by atoms with Crippen LogP contribution in [0, 0.1) is 0 Å². The van der Waals surface area contributed by atoms with Crippen LogP contribution in [0.5, 0.6) is 11.5 Å². The minimum absolute atomic E-state index is 0. The number of hydrogen-bond acceptors (Lipinski definition) is 4. The van der Waals surface area contributed by atoms with Gasteiger partial charge in [0.15, 0.2) is 0 Å². The zero-order valence-corrected chi connectivity index (χ0v) is 28.6. The van der Waals surface area contributed by atoms with Gasteiger partial charge in [0.25, 0.3) is 0 Å². The van der Waals surface area contributed by atoms with E-state index in [4.69, 9.17) is 9.98 Å². The molecule has 1 fully saturated rings. The summed E-state index contributed by atoms with van der Waals surface area (Å²) in [6, 6.07) is 8.53. The molecule has 2 aromatic rings. The molecule has 4 nitrogen and oxygen atoms in total. The normalized spacial score (nSPS) is 19.1. The summed E-state index contributed by atoms with van der Waals surface area (Å²) in [4.78, 5) is 10.1. The topological polar surface area (TPSA) is 65.2 Å². The van der Waals surface area contributed by atoms with Gasteiger partial charge in [-0.1, -0.05) is 108 Å². The second-order valence-corrected chi connectivity index (χ2v) is 15.9. The van der Waals surface area contributed by atoms with E-state index in [1.807, 2.05) is 12.4 Å². The van der Waals surface area contributed by atoms with Crippen molar-refractivity contribution in [3.8, 4) is 11.5 Å². The summed E-state index contributed by atoms with van der Waals surface area (Å²) in [6.07, 6.45) is 7.90. The van der Waals surface area contributed by atoms with Gasteiger partial charge in [-0.3, -0.25) is 9.98 Å². The maximum absolute atomic E-state index is 11.2. The number of nitrogens with zero attached hydrogens (tertiary/aromatic N) is 2. The van der Waals surface area contributed by atoms with Crippen molar-refractivity contribution in [2.24, 2.45) is 9.98 Å².